The van der Waals surface area contributed by atoms with Crippen LogP contribution in [0, 0.1) is 13.8 Å². The lowest BCUT2D eigenvalue weighted by atomic mass is 10.1. The summed E-state index contributed by atoms with van der Waals surface area (Å²) >= 11 is 0. The molecule has 0 saturated carbocycles. The lowest BCUT2D eigenvalue weighted by molar-refractivity contribution is -0.121. The summed E-state index contributed by atoms with van der Waals surface area (Å²) in [6.45, 7) is 6.84. The van der Waals surface area contributed by atoms with Gasteiger partial charge in [0.2, 0.25) is 5.91 Å². The van der Waals surface area contributed by atoms with Crippen LogP contribution < -0.4 is 15.8 Å². The van der Waals surface area contributed by atoms with Gasteiger partial charge in [-0.1, -0.05) is 35.9 Å². The maximum atomic E-state index is 12.1. The Labute approximate surface area is 149 Å². The lowest BCUT2D eigenvalue weighted by Gasteiger charge is -2.24. The van der Waals surface area contributed by atoms with Gasteiger partial charge in [0.1, 0.15) is 0 Å². The molecule has 0 aromatic heterocycles. The fourth-order valence-corrected chi connectivity index (χ4v) is 2.47. The molecule has 132 valence electrons. The first-order valence-electron chi connectivity index (χ1n) is 8.48. The van der Waals surface area contributed by atoms with Crippen molar-refractivity contribution in [1.82, 2.24) is 10.7 Å². The van der Waals surface area contributed by atoms with Crippen molar-refractivity contribution in [2.75, 3.05) is 18.1 Å². The Morgan fingerprint density at radius 1 is 1.00 bits per heavy atom. The lowest BCUT2D eigenvalue weighted by Crippen LogP contribution is -2.43. The van der Waals surface area contributed by atoms with Crippen LogP contribution in [-0.4, -0.2) is 24.9 Å². The SMILES string of the molecule is CCN(NC(=O)CCNC(=O)c1ccccc1C)c1ccc(C)cc1. The molecule has 2 N–H and O–H groups in total. The Bertz CT molecular complexity index is 726. The number of nitrogens with zero attached hydrogens (tertiary/aromatic N) is 1. The third kappa shape index (κ3) is 5.35. The Kier molecular flexibility index (Phi) is 6.57. The highest BCUT2D eigenvalue weighted by Crippen LogP contribution is 2.13. The molecule has 2 amide bonds. The number of nitrogens with one attached hydrogen (secondary N) is 2. The summed E-state index contributed by atoms with van der Waals surface area (Å²) in [6.07, 6.45) is 0.222. The van der Waals surface area contributed by atoms with E-state index in [2.05, 4.69) is 10.7 Å². The largest absolute Gasteiger partial charge is 0.352 e. The number of carbonyl (C=O) groups is 2. The van der Waals surface area contributed by atoms with E-state index >= 15 is 0 Å². The molecule has 0 aliphatic carbocycles. The van der Waals surface area contributed by atoms with Crippen molar-refractivity contribution in [3.8, 4) is 0 Å². The van der Waals surface area contributed by atoms with Crippen molar-refractivity contribution in [3.05, 3.63) is 65.2 Å². The van der Waals surface area contributed by atoms with Gasteiger partial charge in [0, 0.05) is 25.1 Å². The topological polar surface area (TPSA) is 61.4 Å². The first-order valence-corrected chi connectivity index (χ1v) is 8.48. The van der Waals surface area contributed by atoms with Gasteiger partial charge in [-0.15, -0.1) is 0 Å². The van der Waals surface area contributed by atoms with Gasteiger partial charge in [0.05, 0.1) is 5.69 Å². The van der Waals surface area contributed by atoms with Crippen LogP contribution in [0.25, 0.3) is 0 Å². The molecule has 0 fully saturated rings. The second kappa shape index (κ2) is 8.87. The van der Waals surface area contributed by atoms with Crippen molar-refractivity contribution in [3.63, 3.8) is 0 Å². The molecular formula is C20H25N3O2. The summed E-state index contributed by atoms with van der Waals surface area (Å²) in [7, 11) is 0. The van der Waals surface area contributed by atoms with Crippen molar-refractivity contribution < 1.29 is 9.59 Å². The van der Waals surface area contributed by atoms with E-state index in [1.54, 1.807) is 11.1 Å². The molecule has 2 aromatic rings. The monoisotopic (exact) mass is 339 g/mol. The van der Waals surface area contributed by atoms with Crippen molar-refractivity contribution in [2.45, 2.75) is 27.2 Å². The number of carbonyl (C=O) groups excluding carboxylic acids is 2. The van der Waals surface area contributed by atoms with Gasteiger partial charge in [0.25, 0.3) is 5.91 Å². The minimum absolute atomic E-state index is 0.132. The van der Waals surface area contributed by atoms with Gasteiger partial charge in [-0.05, 0) is 44.5 Å². The number of hydrazine groups is 1. The van der Waals surface area contributed by atoms with Gasteiger partial charge in [0.15, 0.2) is 0 Å². The Balaban J connectivity index is 1.82. The summed E-state index contributed by atoms with van der Waals surface area (Å²) in [4.78, 5) is 24.3. The summed E-state index contributed by atoms with van der Waals surface area (Å²) in [6, 6.07) is 15.3. The fraction of sp³-hybridized carbons (Fsp3) is 0.300. The van der Waals surface area contributed by atoms with E-state index in [9.17, 15) is 9.59 Å². The molecule has 0 heterocycles. The number of hydrogen-bond donors (Lipinski definition) is 2. The maximum absolute atomic E-state index is 12.1. The van der Waals surface area contributed by atoms with Crippen LogP contribution in [0.15, 0.2) is 48.5 Å². The summed E-state index contributed by atoms with van der Waals surface area (Å²) in [5.41, 5.74) is 6.53. The van der Waals surface area contributed by atoms with Crippen molar-refractivity contribution >= 4 is 17.5 Å². The average Bonchev–Trinajstić information content (AvgIpc) is 2.61. The second-order valence-corrected chi connectivity index (χ2v) is 5.94. The first-order chi connectivity index (χ1) is 12.0. The molecular weight excluding hydrogens is 314 g/mol. The number of aryl methyl sites for hydroxylation is 2. The molecule has 0 spiro atoms. The van der Waals surface area contributed by atoms with Crippen molar-refractivity contribution in [2.24, 2.45) is 0 Å². The highest BCUT2D eigenvalue weighted by Gasteiger charge is 2.11. The zero-order valence-corrected chi connectivity index (χ0v) is 15.0. The number of anilines is 1. The molecule has 0 saturated heterocycles. The highest BCUT2D eigenvalue weighted by atomic mass is 16.2. The number of rotatable bonds is 7. The molecule has 5 nitrogen and oxygen atoms in total. The normalized spacial score (nSPS) is 10.2. The predicted molar refractivity (Wildman–Crippen MR) is 100 cm³/mol. The smallest absolute Gasteiger partial charge is 0.251 e. The third-order valence-electron chi connectivity index (χ3n) is 3.95. The van der Waals surface area contributed by atoms with Gasteiger partial charge < -0.3 is 5.32 Å². The molecule has 0 unspecified atom stereocenters. The zero-order chi connectivity index (χ0) is 18.2. The van der Waals surface area contributed by atoms with E-state index < -0.39 is 0 Å². The van der Waals surface area contributed by atoms with Gasteiger partial charge in [-0.3, -0.25) is 20.0 Å². The Hall–Kier alpha value is -2.82. The number of amides is 2. The van der Waals surface area contributed by atoms with Crippen LogP contribution in [0.4, 0.5) is 5.69 Å². The summed E-state index contributed by atoms with van der Waals surface area (Å²) in [5, 5.41) is 4.59. The zero-order valence-electron chi connectivity index (χ0n) is 15.0. The molecule has 5 heteroatoms. The van der Waals surface area contributed by atoms with E-state index in [4.69, 9.17) is 0 Å². The van der Waals surface area contributed by atoms with Crippen molar-refractivity contribution in [1.29, 1.82) is 0 Å². The van der Waals surface area contributed by atoms with E-state index in [0.29, 0.717) is 18.7 Å². The minimum Gasteiger partial charge on any atom is -0.352 e. The number of hydrogen-bond acceptors (Lipinski definition) is 3. The molecule has 0 aliphatic heterocycles. The average molecular weight is 339 g/mol. The first kappa shape index (κ1) is 18.5. The minimum atomic E-state index is -0.156. The molecule has 2 rings (SSSR count). The van der Waals surface area contributed by atoms with E-state index in [1.165, 1.54) is 5.56 Å². The van der Waals surface area contributed by atoms with Crippen LogP contribution in [-0.2, 0) is 4.79 Å². The predicted octanol–water partition coefficient (Wildman–Crippen LogP) is 2.98. The quantitative estimate of drug-likeness (QED) is 0.763. The molecule has 0 radical (unpaired) electrons. The van der Waals surface area contributed by atoms with Crippen LogP contribution in [0.3, 0.4) is 0 Å². The van der Waals surface area contributed by atoms with Crippen LogP contribution in [0.5, 0.6) is 0 Å². The Morgan fingerprint density at radius 2 is 1.68 bits per heavy atom. The second-order valence-electron chi connectivity index (χ2n) is 5.94. The van der Waals surface area contributed by atoms with Crippen LogP contribution >= 0.6 is 0 Å². The van der Waals surface area contributed by atoms with Gasteiger partial charge in [-0.2, -0.15) is 0 Å². The van der Waals surface area contributed by atoms with E-state index in [-0.39, 0.29) is 18.2 Å². The molecule has 25 heavy (non-hydrogen) atoms. The maximum Gasteiger partial charge on any atom is 0.251 e. The van der Waals surface area contributed by atoms with Gasteiger partial charge in [-0.25, -0.2) is 0 Å². The van der Waals surface area contributed by atoms with E-state index in [0.717, 1.165) is 11.3 Å². The molecule has 0 bridgehead atoms. The van der Waals surface area contributed by atoms with E-state index in [1.807, 2.05) is 63.2 Å². The highest BCUT2D eigenvalue weighted by molar-refractivity contribution is 5.95. The Morgan fingerprint density at radius 3 is 2.32 bits per heavy atom. The number of benzene rings is 2. The van der Waals surface area contributed by atoms with Crippen LogP contribution in [0.2, 0.25) is 0 Å². The standard InChI is InChI=1S/C20H25N3O2/c1-4-23(17-11-9-15(2)10-12-17)22-19(24)13-14-21-20(25)18-8-6-5-7-16(18)3/h5-12H,4,13-14H2,1-3H3,(H,21,25)(H,22,24). The molecule has 2 aromatic carbocycles. The molecule has 0 aliphatic rings. The third-order valence-corrected chi connectivity index (χ3v) is 3.95. The van der Waals surface area contributed by atoms with Crippen LogP contribution in [0.1, 0.15) is 34.8 Å². The summed E-state index contributed by atoms with van der Waals surface area (Å²) in [5.74, 6) is -0.288. The fourth-order valence-electron chi connectivity index (χ4n) is 2.47. The summed E-state index contributed by atoms with van der Waals surface area (Å²) < 4.78 is 0. The molecule has 0 atom stereocenters. The van der Waals surface area contributed by atoms with Gasteiger partial charge >= 0.3 is 0 Å².